The number of aliphatic hydroxyl groups is 1. The highest BCUT2D eigenvalue weighted by atomic mass is 16.3. The Kier molecular flexibility index (Phi) is 5.83. The number of hydrogen-bond donors (Lipinski definition) is 2. The molecule has 168 valence electrons. The van der Waals surface area contributed by atoms with Crippen LogP contribution in [0.15, 0.2) is 53.7 Å². The molecule has 7 nitrogen and oxygen atoms in total. The van der Waals surface area contributed by atoms with E-state index in [1.54, 1.807) is 23.2 Å². The quantitative estimate of drug-likeness (QED) is 0.661. The van der Waals surface area contributed by atoms with Gasteiger partial charge in [0.1, 0.15) is 5.65 Å². The molecule has 1 aliphatic heterocycles. The first-order valence-corrected chi connectivity index (χ1v) is 11.6. The van der Waals surface area contributed by atoms with Gasteiger partial charge in [0.15, 0.2) is 0 Å². The Morgan fingerprint density at radius 3 is 2.66 bits per heavy atom. The lowest BCUT2D eigenvalue weighted by Crippen LogP contribution is -2.45. The standard InChI is InChI=1S/C25H30N4O3/c30-19-6-7-20(22(14-19)18-4-2-1-3-5-18)24(31)28-12-9-17(10-13-28)15-29-16-27-23-21(25(29)32)8-11-26-23/h1-5,8,11,16-17,19-20,22,26,30H,6-7,9-10,12-15H2. The third-order valence-electron chi connectivity index (χ3n) is 7.29. The van der Waals surface area contributed by atoms with Gasteiger partial charge in [-0.05, 0) is 55.6 Å². The number of piperidine rings is 1. The third kappa shape index (κ3) is 4.09. The van der Waals surface area contributed by atoms with Crippen molar-refractivity contribution in [2.45, 2.75) is 50.7 Å². The number of hydrogen-bond acceptors (Lipinski definition) is 4. The molecular formula is C25H30N4O3. The fourth-order valence-electron chi connectivity index (χ4n) is 5.47. The Morgan fingerprint density at radius 1 is 1.09 bits per heavy atom. The minimum absolute atomic E-state index is 0.0128. The van der Waals surface area contributed by atoms with Gasteiger partial charge >= 0.3 is 0 Å². The van der Waals surface area contributed by atoms with E-state index in [1.165, 1.54) is 0 Å². The average Bonchev–Trinajstić information content (AvgIpc) is 3.31. The largest absolute Gasteiger partial charge is 0.393 e. The summed E-state index contributed by atoms with van der Waals surface area (Å²) in [7, 11) is 0. The van der Waals surface area contributed by atoms with Crippen molar-refractivity contribution in [2.24, 2.45) is 11.8 Å². The van der Waals surface area contributed by atoms with Gasteiger partial charge in [-0.1, -0.05) is 30.3 Å². The fourth-order valence-corrected chi connectivity index (χ4v) is 5.47. The molecule has 2 N–H and O–H groups in total. The van der Waals surface area contributed by atoms with Crippen molar-refractivity contribution >= 4 is 16.9 Å². The number of benzene rings is 1. The van der Waals surface area contributed by atoms with Gasteiger partial charge in [-0.3, -0.25) is 14.2 Å². The predicted octanol–water partition coefficient (Wildman–Crippen LogP) is 2.91. The van der Waals surface area contributed by atoms with Gasteiger partial charge in [-0.2, -0.15) is 0 Å². The summed E-state index contributed by atoms with van der Waals surface area (Å²) in [5, 5.41) is 10.9. The smallest absolute Gasteiger partial charge is 0.262 e. The fraction of sp³-hybridized carbons (Fsp3) is 0.480. The number of amides is 1. The Balaban J connectivity index is 1.23. The second kappa shape index (κ2) is 8.90. The Hall–Kier alpha value is -2.93. The zero-order chi connectivity index (χ0) is 22.1. The average molecular weight is 435 g/mol. The maximum absolute atomic E-state index is 13.5. The summed E-state index contributed by atoms with van der Waals surface area (Å²) in [6.07, 6.45) is 6.86. The lowest BCUT2D eigenvalue weighted by Gasteiger charge is -2.39. The second-order valence-corrected chi connectivity index (χ2v) is 9.30. The molecule has 5 rings (SSSR count). The van der Waals surface area contributed by atoms with Crippen LogP contribution < -0.4 is 5.56 Å². The minimum Gasteiger partial charge on any atom is -0.393 e. The summed E-state index contributed by atoms with van der Waals surface area (Å²) < 4.78 is 1.70. The van der Waals surface area contributed by atoms with Crippen molar-refractivity contribution in [1.82, 2.24) is 19.4 Å². The van der Waals surface area contributed by atoms with Crippen molar-refractivity contribution in [2.75, 3.05) is 13.1 Å². The molecule has 2 aliphatic rings. The number of aliphatic hydroxyl groups excluding tert-OH is 1. The van der Waals surface area contributed by atoms with Crippen molar-refractivity contribution < 1.29 is 9.90 Å². The number of nitrogens with one attached hydrogen (secondary N) is 1. The van der Waals surface area contributed by atoms with Crippen molar-refractivity contribution in [3.8, 4) is 0 Å². The highest BCUT2D eigenvalue weighted by Crippen LogP contribution is 2.39. The zero-order valence-electron chi connectivity index (χ0n) is 18.2. The highest BCUT2D eigenvalue weighted by molar-refractivity contribution is 5.80. The number of nitrogens with zero attached hydrogens (tertiary/aromatic N) is 3. The molecule has 2 fully saturated rings. The van der Waals surface area contributed by atoms with Crippen LogP contribution >= 0.6 is 0 Å². The molecule has 7 heteroatoms. The number of aromatic nitrogens is 3. The van der Waals surface area contributed by atoms with Gasteiger partial charge in [0.25, 0.3) is 5.56 Å². The number of fused-ring (bicyclic) bond motifs is 1. The summed E-state index contributed by atoms with van der Waals surface area (Å²) in [6.45, 7) is 2.08. The van der Waals surface area contributed by atoms with Crippen molar-refractivity contribution in [3.63, 3.8) is 0 Å². The summed E-state index contributed by atoms with van der Waals surface area (Å²) in [4.78, 5) is 35.4. The Labute approximate surface area is 187 Å². The number of H-pyrrole nitrogens is 1. The van der Waals surface area contributed by atoms with Crippen LogP contribution in [0.25, 0.3) is 11.0 Å². The first kappa shape index (κ1) is 20.9. The van der Waals surface area contributed by atoms with Gasteiger partial charge in [-0.15, -0.1) is 0 Å². The van der Waals surface area contributed by atoms with Crippen LogP contribution in [0, 0.1) is 11.8 Å². The van der Waals surface area contributed by atoms with Crippen LogP contribution in [-0.4, -0.2) is 49.6 Å². The zero-order valence-corrected chi connectivity index (χ0v) is 18.2. The Morgan fingerprint density at radius 2 is 1.88 bits per heavy atom. The van der Waals surface area contributed by atoms with Gasteiger partial charge in [0, 0.05) is 31.7 Å². The molecule has 3 unspecified atom stereocenters. The van der Waals surface area contributed by atoms with E-state index in [-0.39, 0.29) is 29.4 Å². The molecule has 1 aromatic carbocycles. The normalized spacial score (nSPS) is 24.7. The van der Waals surface area contributed by atoms with Gasteiger partial charge < -0.3 is 15.0 Å². The van der Waals surface area contributed by atoms with E-state index in [9.17, 15) is 14.7 Å². The molecule has 3 atom stereocenters. The first-order chi connectivity index (χ1) is 15.6. The van der Waals surface area contributed by atoms with Crippen molar-refractivity contribution in [1.29, 1.82) is 0 Å². The molecule has 1 saturated heterocycles. The van der Waals surface area contributed by atoms with E-state index in [1.807, 2.05) is 23.1 Å². The molecule has 3 heterocycles. The topological polar surface area (TPSA) is 91.2 Å². The molecule has 0 spiro atoms. The summed E-state index contributed by atoms with van der Waals surface area (Å²) in [6, 6.07) is 11.9. The maximum atomic E-state index is 13.5. The van der Waals surface area contributed by atoms with Crippen molar-refractivity contribution in [3.05, 3.63) is 64.8 Å². The summed E-state index contributed by atoms with van der Waals surface area (Å²) >= 11 is 0. The van der Waals surface area contributed by atoms with Crippen LogP contribution in [0.3, 0.4) is 0 Å². The van der Waals surface area contributed by atoms with E-state index in [0.29, 0.717) is 36.3 Å². The van der Waals surface area contributed by atoms with Gasteiger partial charge in [0.05, 0.1) is 17.8 Å². The lowest BCUT2D eigenvalue weighted by atomic mass is 9.73. The number of carbonyl (C=O) groups excluding carboxylic acids is 1. The molecule has 3 aromatic rings. The number of aromatic amines is 1. The predicted molar refractivity (Wildman–Crippen MR) is 122 cm³/mol. The molecule has 2 aromatic heterocycles. The molecule has 1 aliphatic carbocycles. The van der Waals surface area contributed by atoms with Crippen LogP contribution in [0.4, 0.5) is 0 Å². The van der Waals surface area contributed by atoms with Crippen LogP contribution in [0.1, 0.15) is 43.6 Å². The van der Waals surface area contributed by atoms with E-state index in [2.05, 4.69) is 22.1 Å². The molecule has 1 saturated carbocycles. The molecule has 0 radical (unpaired) electrons. The number of rotatable bonds is 4. The molecule has 1 amide bonds. The van der Waals surface area contributed by atoms with Gasteiger partial charge in [-0.25, -0.2) is 4.98 Å². The highest BCUT2D eigenvalue weighted by Gasteiger charge is 2.38. The molecule has 0 bridgehead atoms. The third-order valence-corrected chi connectivity index (χ3v) is 7.29. The number of carbonyl (C=O) groups is 1. The summed E-state index contributed by atoms with van der Waals surface area (Å²) in [5.74, 6) is 0.577. The maximum Gasteiger partial charge on any atom is 0.262 e. The van der Waals surface area contributed by atoms with E-state index in [4.69, 9.17) is 0 Å². The molecular weight excluding hydrogens is 404 g/mol. The summed E-state index contributed by atoms with van der Waals surface area (Å²) in [5.41, 5.74) is 1.75. The van der Waals surface area contributed by atoms with Crippen LogP contribution in [-0.2, 0) is 11.3 Å². The van der Waals surface area contributed by atoms with Crippen LogP contribution in [0.2, 0.25) is 0 Å². The van der Waals surface area contributed by atoms with Crippen LogP contribution in [0.5, 0.6) is 0 Å². The van der Waals surface area contributed by atoms with E-state index in [0.717, 1.165) is 37.9 Å². The number of likely N-dealkylation sites (tertiary alicyclic amines) is 1. The molecule has 32 heavy (non-hydrogen) atoms. The van der Waals surface area contributed by atoms with Gasteiger partial charge in [0.2, 0.25) is 5.91 Å². The van der Waals surface area contributed by atoms with E-state index < -0.39 is 0 Å². The lowest BCUT2D eigenvalue weighted by molar-refractivity contribution is -0.139. The second-order valence-electron chi connectivity index (χ2n) is 9.30. The minimum atomic E-state index is -0.334. The Bertz CT molecular complexity index is 1130. The van der Waals surface area contributed by atoms with E-state index >= 15 is 0 Å². The SMILES string of the molecule is O=C(C1CCC(O)CC1c1ccccc1)N1CCC(Cn2cnc3[nH]ccc3c2=O)CC1. The first-order valence-electron chi connectivity index (χ1n) is 11.6. The monoisotopic (exact) mass is 434 g/mol.